The van der Waals surface area contributed by atoms with Gasteiger partial charge in [0.15, 0.2) is 0 Å². The Morgan fingerprint density at radius 2 is 1.59 bits per heavy atom. The standard InChI is InChI=1S/C21H19F3N2O3/c22-21(23,24)18(27)17-11-6-12-26(17)20(29)16-10-5-4-9-15(16)19(28)25-13-14-7-2-1-3-8-14/h1-5,7-10,17H,6,11-13H2,(H,25,28)/t17-/m0/s1. The van der Waals surface area contributed by atoms with Crippen molar-refractivity contribution < 1.29 is 27.6 Å². The van der Waals surface area contributed by atoms with Gasteiger partial charge in [0, 0.05) is 13.1 Å². The molecule has 0 aromatic heterocycles. The Balaban J connectivity index is 1.79. The maximum Gasteiger partial charge on any atom is 0.452 e. The Morgan fingerprint density at radius 3 is 2.24 bits per heavy atom. The fourth-order valence-corrected chi connectivity index (χ4v) is 3.37. The summed E-state index contributed by atoms with van der Waals surface area (Å²) in [5.74, 6) is -3.21. The number of hydrogen-bond acceptors (Lipinski definition) is 3. The first kappa shape index (κ1) is 20.6. The molecule has 1 atom stereocenters. The molecule has 2 aromatic rings. The van der Waals surface area contributed by atoms with E-state index in [-0.39, 0.29) is 30.6 Å². The fraction of sp³-hybridized carbons (Fsp3) is 0.286. The summed E-state index contributed by atoms with van der Waals surface area (Å²) in [6.45, 7) is 0.270. The molecule has 1 heterocycles. The number of nitrogens with zero attached hydrogens (tertiary/aromatic N) is 1. The van der Waals surface area contributed by atoms with Gasteiger partial charge in [0.2, 0.25) is 0 Å². The van der Waals surface area contributed by atoms with Crippen LogP contribution in [0.15, 0.2) is 54.6 Å². The normalized spacial score (nSPS) is 16.5. The van der Waals surface area contributed by atoms with Gasteiger partial charge < -0.3 is 10.2 Å². The van der Waals surface area contributed by atoms with Gasteiger partial charge >= 0.3 is 6.18 Å². The molecular formula is C21H19F3N2O3. The van der Waals surface area contributed by atoms with Gasteiger partial charge in [-0.05, 0) is 30.5 Å². The van der Waals surface area contributed by atoms with Crippen LogP contribution in [0.4, 0.5) is 13.2 Å². The average molecular weight is 404 g/mol. The third-order valence-electron chi connectivity index (χ3n) is 4.79. The molecule has 0 unspecified atom stereocenters. The molecule has 0 bridgehead atoms. The monoisotopic (exact) mass is 404 g/mol. The van der Waals surface area contributed by atoms with Gasteiger partial charge in [-0.25, -0.2) is 0 Å². The number of alkyl halides is 3. The molecule has 152 valence electrons. The largest absolute Gasteiger partial charge is 0.452 e. The van der Waals surface area contributed by atoms with Gasteiger partial charge in [-0.2, -0.15) is 13.2 Å². The van der Waals surface area contributed by atoms with Crippen LogP contribution in [0.3, 0.4) is 0 Å². The number of ketones is 1. The summed E-state index contributed by atoms with van der Waals surface area (Å²) in [7, 11) is 0. The second-order valence-corrected chi connectivity index (χ2v) is 6.73. The first-order valence-corrected chi connectivity index (χ1v) is 9.12. The van der Waals surface area contributed by atoms with E-state index in [0.717, 1.165) is 10.5 Å². The van der Waals surface area contributed by atoms with Crippen molar-refractivity contribution in [2.24, 2.45) is 0 Å². The fourth-order valence-electron chi connectivity index (χ4n) is 3.37. The van der Waals surface area contributed by atoms with E-state index >= 15 is 0 Å². The summed E-state index contributed by atoms with van der Waals surface area (Å²) >= 11 is 0. The van der Waals surface area contributed by atoms with Crippen LogP contribution >= 0.6 is 0 Å². The van der Waals surface area contributed by atoms with E-state index in [1.54, 1.807) is 6.07 Å². The van der Waals surface area contributed by atoms with Crippen molar-refractivity contribution in [3.63, 3.8) is 0 Å². The second-order valence-electron chi connectivity index (χ2n) is 6.73. The number of amides is 2. The zero-order valence-electron chi connectivity index (χ0n) is 15.4. The molecule has 1 aliphatic heterocycles. The third-order valence-corrected chi connectivity index (χ3v) is 4.79. The lowest BCUT2D eigenvalue weighted by Crippen LogP contribution is -2.46. The van der Waals surface area contributed by atoms with E-state index < -0.39 is 29.8 Å². The molecule has 0 aliphatic carbocycles. The topological polar surface area (TPSA) is 66.5 Å². The van der Waals surface area contributed by atoms with Crippen molar-refractivity contribution in [2.45, 2.75) is 31.6 Å². The molecule has 1 saturated heterocycles. The second kappa shape index (κ2) is 8.46. The van der Waals surface area contributed by atoms with Crippen molar-refractivity contribution in [2.75, 3.05) is 6.54 Å². The number of halogens is 3. The van der Waals surface area contributed by atoms with Gasteiger partial charge in [-0.3, -0.25) is 14.4 Å². The van der Waals surface area contributed by atoms with Gasteiger partial charge in [0.1, 0.15) is 6.04 Å². The van der Waals surface area contributed by atoms with Crippen LogP contribution < -0.4 is 5.32 Å². The number of nitrogens with one attached hydrogen (secondary N) is 1. The first-order chi connectivity index (χ1) is 13.8. The summed E-state index contributed by atoms with van der Waals surface area (Å²) in [4.78, 5) is 38.1. The summed E-state index contributed by atoms with van der Waals surface area (Å²) in [6, 6.07) is 13.5. The maximum atomic E-state index is 12.9. The summed E-state index contributed by atoms with van der Waals surface area (Å²) < 4.78 is 38.6. The molecule has 1 N–H and O–H groups in total. The average Bonchev–Trinajstić information content (AvgIpc) is 3.20. The summed E-state index contributed by atoms with van der Waals surface area (Å²) in [5.41, 5.74) is 0.888. The molecular weight excluding hydrogens is 385 g/mol. The predicted octanol–water partition coefficient (Wildman–Crippen LogP) is 3.35. The van der Waals surface area contributed by atoms with Gasteiger partial charge in [-0.15, -0.1) is 0 Å². The van der Waals surface area contributed by atoms with E-state index in [4.69, 9.17) is 0 Å². The van der Waals surface area contributed by atoms with E-state index in [0.29, 0.717) is 6.42 Å². The predicted molar refractivity (Wildman–Crippen MR) is 99.2 cm³/mol. The first-order valence-electron chi connectivity index (χ1n) is 9.12. The van der Waals surface area contributed by atoms with E-state index in [1.165, 1.54) is 18.2 Å². The number of rotatable bonds is 5. The molecule has 3 rings (SSSR count). The zero-order chi connectivity index (χ0) is 21.0. The molecule has 1 fully saturated rings. The highest BCUT2D eigenvalue weighted by atomic mass is 19.4. The van der Waals surface area contributed by atoms with E-state index in [1.807, 2.05) is 30.3 Å². The highest BCUT2D eigenvalue weighted by Gasteiger charge is 2.48. The minimum Gasteiger partial charge on any atom is -0.348 e. The van der Waals surface area contributed by atoms with Crippen LogP contribution in [0.2, 0.25) is 0 Å². The molecule has 0 saturated carbocycles. The molecule has 29 heavy (non-hydrogen) atoms. The van der Waals surface area contributed by atoms with Crippen LogP contribution in [0.1, 0.15) is 39.1 Å². The Morgan fingerprint density at radius 1 is 0.966 bits per heavy atom. The minimum absolute atomic E-state index is 0.0278. The number of carbonyl (C=O) groups is 3. The molecule has 2 aromatic carbocycles. The molecule has 2 amide bonds. The Labute approximate surface area is 165 Å². The van der Waals surface area contributed by atoms with E-state index in [9.17, 15) is 27.6 Å². The van der Waals surface area contributed by atoms with Crippen LogP contribution in [0.25, 0.3) is 0 Å². The minimum atomic E-state index is -5.01. The van der Waals surface area contributed by atoms with E-state index in [2.05, 4.69) is 5.32 Å². The molecule has 5 nitrogen and oxygen atoms in total. The van der Waals surface area contributed by atoms with Crippen LogP contribution in [0, 0.1) is 0 Å². The number of hydrogen-bond donors (Lipinski definition) is 1. The highest BCUT2D eigenvalue weighted by Crippen LogP contribution is 2.28. The lowest BCUT2D eigenvalue weighted by Gasteiger charge is -2.25. The Kier molecular flexibility index (Phi) is 6.00. The van der Waals surface area contributed by atoms with Crippen molar-refractivity contribution >= 4 is 17.6 Å². The highest BCUT2D eigenvalue weighted by molar-refractivity contribution is 6.08. The van der Waals surface area contributed by atoms with Crippen molar-refractivity contribution in [1.29, 1.82) is 0 Å². The summed E-state index contributed by atoms with van der Waals surface area (Å²) in [5, 5.41) is 2.70. The molecule has 0 radical (unpaired) electrons. The maximum absolute atomic E-state index is 12.9. The Bertz CT molecular complexity index is 913. The van der Waals surface area contributed by atoms with Gasteiger partial charge in [0.05, 0.1) is 11.1 Å². The Hall–Kier alpha value is -3.16. The third kappa shape index (κ3) is 4.64. The number of Topliss-reactive ketones (excluding diaryl/α,β-unsaturated/α-hetero) is 1. The van der Waals surface area contributed by atoms with Crippen LogP contribution in [-0.2, 0) is 11.3 Å². The van der Waals surface area contributed by atoms with Crippen LogP contribution in [0.5, 0.6) is 0 Å². The smallest absolute Gasteiger partial charge is 0.348 e. The lowest BCUT2D eigenvalue weighted by molar-refractivity contribution is -0.175. The number of carbonyl (C=O) groups excluding carboxylic acids is 3. The quantitative estimate of drug-likeness (QED) is 0.831. The number of likely N-dealkylation sites (tertiary alicyclic amines) is 1. The van der Waals surface area contributed by atoms with Crippen molar-refractivity contribution in [3.8, 4) is 0 Å². The van der Waals surface area contributed by atoms with Crippen molar-refractivity contribution in [1.82, 2.24) is 10.2 Å². The SMILES string of the molecule is O=C(NCc1ccccc1)c1ccccc1C(=O)N1CCC[C@H]1C(=O)C(F)(F)F. The lowest BCUT2D eigenvalue weighted by atomic mass is 10.0. The number of benzene rings is 2. The van der Waals surface area contributed by atoms with Gasteiger partial charge in [-0.1, -0.05) is 42.5 Å². The molecule has 1 aliphatic rings. The van der Waals surface area contributed by atoms with Crippen molar-refractivity contribution in [3.05, 3.63) is 71.3 Å². The molecule has 8 heteroatoms. The summed E-state index contributed by atoms with van der Waals surface area (Å²) in [6.07, 6.45) is -4.77. The zero-order valence-corrected chi connectivity index (χ0v) is 15.4. The molecule has 0 spiro atoms. The van der Waals surface area contributed by atoms with Crippen LogP contribution in [-0.4, -0.2) is 41.3 Å². The van der Waals surface area contributed by atoms with Gasteiger partial charge in [0.25, 0.3) is 17.6 Å².